The van der Waals surface area contributed by atoms with Crippen molar-refractivity contribution in [1.29, 1.82) is 0 Å². The topological polar surface area (TPSA) is 38.7 Å². The van der Waals surface area contributed by atoms with E-state index in [4.69, 9.17) is 16.6 Å². The molecule has 0 unspecified atom stereocenters. The number of halogens is 1. The van der Waals surface area contributed by atoms with E-state index < -0.39 is 0 Å². The van der Waals surface area contributed by atoms with Crippen LogP contribution in [0.3, 0.4) is 0 Å². The van der Waals surface area contributed by atoms with Gasteiger partial charge in [-0.1, -0.05) is 115 Å². The van der Waals surface area contributed by atoms with E-state index in [1.54, 1.807) is 0 Å². The monoisotopic (exact) mass is 469 g/mol. The highest BCUT2D eigenvalue weighted by molar-refractivity contribution is 6.28. The Morgan fingerprint density at radius 1 is 0.371 bits per heavy atom. The first-order valence-electron chi connectivity index (χ1n) is 11.4. The maximum Gasteiger partial charge on any atom is 0.226 e. The molecule has 0 spiro atoms. The molecule has 6 rings (SSSR count). The van der Waals surface area contributed by atoms with Crippen LogP contribution in [0.2, 0.25) is 5.28 Å². The minimum atomic E-state index is 0.170. The third-order valence-electron chi connectivity index (χ3n) is 6.11. The van der Waals surface area contributed by atoms with Gasteiger partial charge in [-0.05, 0) is 50.7 Å². The molecule has 0 amide bonds. The Balaban J connectivity index is 1.53. The fourth-order valence-electron chi connectivity index (χ4n) is 4.50. The number of rotatable bonds is 4. The Kier molecular flexibility index (Phi) is 5.53. The molecule has 5 aromatic carbocycles. The Bertz CT molecular complexity index is 1650. The van der Waals surface area contributed by atoms with Crippen LogP contribution in [0.15, 0.2) is 121 Å². The number of aromatic nitrogens is 3. The average molecular weight is 470 g/mol. The van der Waals surface area contributed by atoms with Crippen molar-refractivity contribution >= 4 is 22.4 Å². The fourth-order valence-corrected chi connectivity index (χ4v) is 4.66. The van der Waals surface area contributed by atoms with Crippen molar-refractivity contribution in [3.05, 3.63) is 127 Å². The molecule has 0 aliphatic carbocycles. The molecule has 0 aliphatic rings. The summed E-state index contributed by atoms with van der Waals surface area (Å²) in [4.78, 5) is 13.9. The molecule has 35 heavy (non-hydrogen) atoms. The highest BCUT2D eigenvalue weighted by Gasteiger charge is 2.16. The van der Waals surface area contributed by atoms with Crippen LogP contribution < -0.4 is 0 Å². The van der Waals surface area contributed by atoms with Gasteiger partial charge in [-0.2, -0.15) is 9.97 Å². The van der Waals surface area contributed by atoms with Crippen molar-refractivity contribution in [1.82, 2.24) is 15.0 Å². The van der Waals surface area contributed by atoms with Crippen molar-refractivity contribution in [2.24, 2.45) is 0 Å². The van der Waals surface area contributed by atoms with Crippen molar-refractivity contribution < 1.29 is 0 Å². The lowest BCUT2D eigenvalue weighted by atomic mass is 9.94. The van der Waals surface area contributed by atoms with E-state index >= 15 is 0 Å². The minimum absolute atomic E-state index is 0.170. The van der Waals surface area contributed by atoms with E-state index in [9.17, 15) is 0 Å². The first-order valence-corrected chi connectivity index (χ1v) is 11.8. The normalized spacial score (nSPS) is 11.0. The number of hydrogen-bond donors (Lipinski definition) is 0. The van der Waals surface area contributed by atoms with Crippen LogP contribution in [0, 0.1) is 0 Å². The van der Waals surface area contributed by atoms with Crippen LogP contribution in [0.1, 0.15) is 0 Å². The lowest BCUT2D eigenvalue weighted by Gasteiger charge is -2.13. The van der Waals surface area contributed by atoms with E-state index in [0.717, 1.165) is 33.0 Å². The zero-order chi connectivity index (χ0) is 23.6. The second kappa shape index (κ2) is 9.13. The number of fused-ring (bicyclic) bond motifs is 1. The minimum Gasteiger partial charge on any atom is -0.208 e. The molecule has 0 saturated carbocycles. The highest BCUT2D eigenvalue weighted by Crippen LogP contribution is 2.36. The third kappa shape index (κ3) is 4.07. The molecule has 0 saturated heterocycles. The largest absolute Gasteiger partial charge is 0.226 e. The van der Waals surface area contributed by atoms with Gasteiger partial charge in [0.1, 0.15) is 0 Å². The molecule has 4 heteroatoms. The Hall–Kier alpha value is -4.34. The van der Waals surface area contributed by atoms with Crippen LogP contribution in [0.4, 0.5) is 0 Å². The quantitative estimate of drug-likeness (QED) is 0.260. The maximum atomic E-state index is 6.46. The SMILES string of the molecule is Clc1nc(-c2ccccc2-c2ccccc2)nc(-c2ccc(-c3ccccc3)c3ccccc23)n1. The molecule has 0 aliphatic heterocycles. The van der Waals surface area contributed by atoms with Crippen molar-refractivity contribution in [3.63, 3.8) is 0 Å². The summed E-state index contributed by atoms with van der Waals surface area (Å²) in [5, 5.41) is 2.38. The average Bonchev–Trinajstić information content (AvgIpc) is 2.93. The van der Waals surface area contributed by atoms with Crippen LogP contribution >= 0.6 is 11.6 Å². The standard InChI is InChI=1S/C31H20ClN3/c32-31-34-29(27-18-10-7-15-23(27)21-11-3-1-4-12-21)33-30(35-31)28-20-19-24(22-13-5-2-6-14-22)25-16-8-9-17-26(25)28/h1-20H. The Morgan fingerprint density at radius 3 is 1.49 bits per heavy atom. The maximum absolute atomic E-state index is 6.46. The van der Waals surface area contributed by atoms with E-state index in [-0.39, 0.29) is 5.28 Å². The lowest BCUT2D eigenvalue weighted by molar-refractivity contribution is 1.07. The van der Waals surface area contributed by atoms with Gasteiger partial charge in [-0.25, -0.2) is 4.98 Å². The van der Waals surface area contributed by atoms with Crippen molar-refractivity contribution in [2.45, 2.75) is 0 Å². The van der Waals surface area contributed by atoms with Gasteiger partial charge in [0, 0.05) is 11.1 Å². The van der Waals surface area contributed by atoms with Gasteiger partial charge in [0.15, 0.2) is 11.6 Å². The molecular weight excluding hydrogens is 450 g/mol. The molecule has 0 radical (unpaired) electrons. The summed E-state index contributed by atoms with van der Waals surface area (Å²) in [7, 11) is 0. The molecule has 3 nitrogen and oxygen atoms in total. The summed E-state index contributed by atoms with van der Waals surface area (Å²) in [6.45, 7) is 0. The van der Waals surface area contributed by atoms with Gasteiger partial charge in [-0.3, -0.25) is 0 Å². The molecule has 6 aromatic rings. The number of hydrogen-bond acceptors (Lipinski definition) is 3. The molecule has 0 atom stereocenters. The van der Waals surface area contributed by atoms with E-state index in [1.807, 2.05) is 48.5 Å². The van der Waals surface area contributed by atoms with Crippen molar-refractivity contribution in [2.75, 3.05) is 0 Å². The summed E-state index contributed by atoms with van der Waals surface area (Å²) < 4.78 is 0. The summed E-state index contributed by atoms with van der Waals surface area (Å²) in [5.41, 5.74) is 6.31. The predicted molar refractivity (Wildman–Crippen MR) is 144 cm³/mol. The zero-order valence-corrected chi connectivity index (χ0v) is 19.5. The number of benzene rings is 5. The molecule has 166 valence electrons. The number of nitrogens with zero attached hydrogens (tertiary/aromatic N) is 3. The molecule has 0 bridgehead atoms. The van der Waals surface area contributed by atoms with E-state index in [0.29, 0.717) is 11.6 Å². The van der Waals surface area contributed by atoms with Gasteiger partial charge < -0.3 is 0 Å². The summed E-state index contributed by atoms with van der Waals surface area (Å²) in [5.74, 6) is 1.11. The highest BCUT2D eigenvalue weighted by atomic mass is 35.5. The summed E-state index contributed by atoms with van der Waals surface area (Å²) in [6.07, 6.45) is 0. The van der Waals surface area contributed by atoms with Crippen LogP contribution in [0.25, 0.3) is 55.8 Å². The first kappa shape index (κ1) is 21.2. The predicted octanol–water partition coefficient (Wildman–Crippen LogP) is 8.35. The summed E-state index contributed by atoms with van der Waals surface area (Å²) >= 11 is 6.46. The Labute approximate surface area is 208 Å². The molecular formula is C31H20ClN3. The first-order chi connectivity index (χ1) is 17.3. The lowest BCUT2D eigenvalue weighted by Crippen LogP contribution is -1.99. The van der Waals surface area contributed by atoms with Gasteiger partial charge in [0.25, 0.3) is 0 Å². The second-order valence-corrected chi connectivity index (χ2v) is 8.57. The van der Waals surface area contributed by atoms with E-state index in [2.05, 4.69) is 82.8 Å². The second-order valence-electron chi connectivity index (χ2n) is 8.24. The zero-order valence-electron chi connectivity index (χ0n) is 18.8. The van der Waals surface area contributed by atoms with Gasteiger partial charge >= 0.3 is 0 Å². The van der Waals surface area contributed by atoms with Crippen LogP contribution in [0.5, 0.6) is 0 Å². The molecule has 1 heterocycles. The molecule has 1 aromatic heterocycles. The van der Waals surface area contributed by atoms with Gasteiger partial charge in [0.05, 0.1) is 0 Å². The molecule has 0 fully saturated rings. The Morgan fingerprint density at radius 2 is 0.829 bits per heavy atom. The van der Waals surface area contributed by atoms with E-state index in [1.165, 1.54) is 11.1 Å². The smallest absolute Gasteiger partial charge is 0.208 e. The van der Waals surface area contributed by atoms with Crippen LogP contribution in [-0.4, -0.2) is 15.0 Å². The summed E-state index contributed by atoms with van der Waals surface area (Å²) in [6, 6.07) is 41.3. The van der Waals surface area contributed by atoms with Gasteiger partial charge in [0.2, 0.25) is 5.28 Å². The molecule has 0 N–H and O–H groups in total. The third-order valence-corrected chi connectivity index (χ3v) is 6.28. The van der Waals surface area contributed by atoms with Crippen molar-refractivity contribution in [3.8, 4) is 45.0 Å². The fraction of sp³-hybridized carbons (Fsp3) is 0. The van der Waals surface area contributed by atoms with Gasteiger partial charge in [-0.15, -0.1) is 0 Å². The van der Waals surface area contributed by atoms with Crippen LogP contribution in [-0.2, 0) is 0 Å².